The fraction of sp³-hybridized carbons (Fsp3) is 0.300. The maximum absolute atomic E-state index is 13.0. The largest absolute Gasteiger partial charge is 0.357 e. The van der Waals surface area contributed by atoms with Crippen molar-refractivity contribution in [3.05, 3.63) is 65.7 Å². The molecule has 0 spiro atoms. The fourth-order valence-corrected chi connectivity index (χ4v) is 2.80. The van der Waals surface area contributed by atoms with E-state index in [0.717, 1.165) is 47.9 Å². The number of aliphatic imine (C=N–C) groups is 1. The van der Waals surface area contributed by atoms with Crippen molar-refractivity contribution >= 4 is 41.0 Å². The molecular weight excluding hydrogens is 456 g/mol. The number of imidazole rings is 1. The van der Waals surface area contributed by atoms with Crippen LogP contribution in [-0.2, 0) is 20.0 Å². The van der Waals surface area contributed by atoms with Gasteiger partial charge in [-0.3, -0.25) is 0 Å². The number of benzene rings is 2. The van der Waals surface area contributed by atoms with Gasteiger partial charge in [0.15, 0.2) is 5.96 Å². The van der Waals surface area contributed by atoms with Crippen LogP contribution >= 0.6 is 24.0 Å². The minimum atomic E-state index is -0.209. The van der Waals surface area contributed by atoms with Gasteiger partial charge in [0.1, 0.15) is 18.2 Å². The Bertz CT molecular complexity index is 889. The zero-order valence-corrected chi connectivity index (χ0v) is 17.9. The number of aromatic nitrogens is 2. The Labute approximate surface area is 176 Å². The van der Waals surface area contributed by atoms with Crippen LogP contribution in [0, 0.1) is 5.82 Å². The molecule has 1 aromatic heterocycles. The number of aryl methyl sites for hydroxylation is 1. The van der Waals surface area contributed by atoms with Gasteiger partial charge in [0.05, 0.1) is 11.0 Å². The molecule has 0 amide bonds. The Morgan fingerprint density at radius 1 is 1.11 bits per heavy atom. The lowest BCUT2D eigenvalue weighted by Crippen LogP contribution is -2.38. The maximum atomic E-state index is 13.0. The summed E-state index contributed by atoms with van der Waals surface area (Å²) < 4.78 is 15.0. The molecule has 0 aliphatic carbocycles. The molecule has 0 atom stereocenters. The van der Waals surface area contributed by atoms with Crippen molar-refractivity contribution in [2.24, 2.45) is 12.0 Å². The lowest BCUT2D eigenvalue weighted by atomic mass is 10.1. The molecular formula is C20H25FIN5. The number of para-hydroxylation sites is 2. The first-order valence-corrected chi connectivity index (χ1v) is 8.84. The van der Waals surface area contributed by atoms with E-state index < -0.39 is 0 Å². The standard InChI is InChI=1S/C20H24FN5.HI/c1-3-22-20(23-13-12-15-8-10-16(21)11-9-15)24-14-19-25-17-6-4-5-7-18(17)26(19)2;/h4-11H,3,12-14H2,1-2H3,(H2,22,23,24);1H. The molecule has 0 aliphatic rings. The third kappa shape index (κ3) is 5.66. The smallest absolute Gasteiger partial charge is 0.191 e. The molecule has 0 saturated heterocycles. The molecule has 0 saturated carbocycles. The number of hydrogen-bond donors (Lipinski definition) is 2. The molecule has 3 aromatic rings. The van der Waals surface area contributed by atoms with Crippen molar-refractivity contribution in [3.63, 3.8) is 0 Å². The Balaban J connectivity index is 0.00000261. The van der Waals surface area contributed by atoms with Gasteiger partial charge >= 0.3 is 0 Å². The van der Waals surface area contributed by atoms with Crippen LogP contribution in [0.25, 0.3) is 11.0 Å². The van der Waals surface area contributed by atoms with E-state index in [1.807, 2.05) is 32.2 Å². The van der Waals surface area contributed by atoms with Gasteiger partial charge in [-0.2, -0.15) is 0 Å². The van der Waals surface area contributed by atoms with E-state index in [9.17, 15) is 4.39 Å². The van der Waals surface area contributed by atoms with Gasteiger partial charge in [0.2, 0.25) is 0 Å². The van der Waals surface area contributed by atoms with Gasteiger partial charge in [-0.25, -0.2) is 14.4 Å². The summed E-state index contributed by atoms with van der Waals surface area (Å²) in [4.78, 5) is 9.28. The Morgan fingerprint density at radius 2 is 1.85 bits per heavy atom. The molecule has 2 aromatic carbocycles. The van der Waals surface area contributed by atoms with Crippen LogP contribution in [0.4, 0.5) is 4.39 Å². The molecule has 0 fully saturated rings. The van der Waals surface area contributed by atoms with E-state index in [-0.39, 0.29) is 29.8 Å². The van der Waals surface area contributed by atoms with Crippen LogP contribution in [0.2, 0.25) is 0 Å². The van der Waals surface area contributed by atoms with Crippen molar-refractivity contribution in [2.45, 2.75) is 19.9 Å². The summed E-state index contributed by atoms with van der Waals surface area (Å²) >= 11 is 0. The predicted molar refractivity (Wildman–Crippen MR) is 119 cm³/mol. The summed E-state index contributed by atoms with van der Waals surface area (Å²) in [5.41, 5.74) is 3.17. The van der Waals surface area contributed by atoms with Crippen molar-refractivity contribution in [2.75, 3.05) is 13.1 Å². The van der Waals surface area contributed by atoms with Gasteiger partial charge in [-0.05, 0) is 43.2 Å². The molecule has 0 aliphatic heterocycles. The molecule has 2 N–H and O–H groups in total. The first-order valence-electron chi connectivity index (χ1n) is 8.84. The zero-order valence-electron chi connectivity index (χ0n) is 15.6. The average molecular weight is 481 g/mol. The SMILES string of the molecule is CCNC(=NCc1nc2ccccc2n1C)NCCc1ccc(F)cc1.I. The highest BCUT2D eigenvalue weighted by Gasteiger charge is 2.07. The van der Waals surface area contributed by atoms with Crippen LogP contribution in [-0.4, -0.2) is 28.6 Å². The molecule has 0 unspecified atom stereocenters. The monoisotopic (exact) mass is 481 g/mol. The molecule has 0 bridgehead atoms. The van der Waals surface area contributed by atoms with Crippen LogP contribution < -0.4 is 10.6 Å². The summed E-state index contributed by atoms with van der Waals surface area (Å²) in [6, 6.07) is 14.7. The first-order chi connectivity index (χ1) is 12.7. The van der Waals surface area contributed by atoms with Gasteiger partial charge < -0.3 is 15.2 Å². The number of rotatable bonds is 6. The molecule has 0 radical (unpaired) electrons. The molecule has 7 heteroatoms. The second-order valence-electron chi connectivity index (χ2n) is 6.07. The highest BCUT2D eigenvalue weighted by atomic mass is 127. The second-order valence-corrected chi connectivity index (χ2v) is 6.07. The molecule has 3 rings (SSSR count). The predicted octanol–water partition coefficient (Wildman–Crippen LogP) is 3.63. The highest BCUT2D eigenvalue weighted by Crippen LogP contribution is 2.14. The summed E-state index contributed by atoms with van der Waals surface area (Å²) in [6.45, 7) is 4.04. The average Bonchev–Trinajstić information content (AvgIpc) is 2.97. The van der Waals surface area contributed by atoms with Crippen LogP contribution in [0.1, 0.15) is 18.3 Å². The molecule has 27 heavy (non-hydrogen) atoms. The summed E-state index contributed by atoms with van der Waals surface area (Å²) in [7, 11) is 2.01. The van der Waals surface area contributed by atoms with Crippen molar-refractivity contribution < 1.29 is 4.39 Å². The maximum Gasteiger partial charge on any atom is 0.191 e. The van der Waals surface area contributed by atoms with Gasteiger partial charge in [-0.15, -0.1) is 24.0 Å². The number of nitrogens with one attached hydrogen (secondary N) is 2. The van der Waals surface area contributed by atoms with E-state index in [2.05, 4.69) is 31.2 Å². The van der Waals surface area contributed by atoms with Gasteiger partial charge in [0, 0.05) is 20.1 Å². The molecule has 144 valence electrons. The normalized spacial score (nSPS) is 11.3. The lowest BCUT2D eigenvalue weighted by molar-refractivity contribution is 0.626. The Kier molecular flexibility index (Phi) is 8.02. The van der Waals surface area contributed by atoms with Crippen molar-refractivity contribution in [3.8, 4) is 0 Å². The number of halogens is 2. The second kappa shape index (κ2) is 10.2. The van der Waals surface area contributed by atoms with E-state index in [4.69, 9.17) is 0 Å². The molecule has 1 heterocycles. The molecule has 5 nitrogen and oxygen atoms in total. The number of fused-ring (bicyclic) bond motifs is 1. The lowest BCUT2D eigenvalue weighted by Gasteiger charge is -2.11. The van der Waals surface area contributed by atoms with E-state index >= 15 is 0 Å². The number of nitrogens with zero attached hydrogens (tertiary/aromatic N) is 3. The first kappa shape index (κ1) is 21.1. The quantitative estimate of drug-likeness (QED) is 0.321. The van der Waals surface area contributed by atoms with Gasteiger partial charge in [-0.1, -0.05) is 24.3 Å². The number of hydrogen-bond acceptors (Lipinski definition) is 2. The minimum Gasteiger partial charge on any atom is -0.357 e. The third-order valence-electron chi connectivity index (χ3n) is 4.22. The summed E-state index contributed by atoms with van der Waals surface area (Å²) in [6.07, 6.45) is 0.803. The fourth-order valence-electron chi connectivity index (χ4n) is 2.80. The van der Waals surface area contributed by atoms with Crippen molar-refractivity contribution in [1.29, 1.82) is 0 Å². The topological polar surface area (TPSA) is 54.2 Å². The minimum absolute atomic E-state index is 0. The van der Waals surface area contributed by atoms with E-state index in [1.165, 1.54) is 12.1 Å². The van der Waals surface area contributed by atoms with Crippen LogP contribution in [0.15, 0.2) is 53.5 Å². The number of guanidine groups is 1. The van der Waals surface area contributed by atoms with E-state index in [0.29, 0.717) is 6.54 Å². The summed E-state index contributed by atoms with van der Waals surface area (Å²) in [5.74, 6) is 1.46. The third-order valence-corrected chi connectivity index (χ3v) is 4.22. The highest BCUT2D eigenvalue weighted by molar-refractivity contribution is 14.0. The van der Waals surface area contributed by atoms with Crippen molar-refractivity contribution in [1.82, 2.24) is 20.2 Å². The van der Waals surface area contributed by atoms with E-state index in [1.54, 1.807) is 12.1 Å². The van der Waals surface area contributed by atoms with Gasteiger partial charge in [0.25, 0.3) is 0 Å². The van der Waals surface area contributed by atoms with Crippen LogP contribution in [0.5, 0.6) is 0 Å². The summed E-state index contributed by atoms with van der Waals surface area (Å²) in [5, 5.41) is 6.56. The van der Waals surface area contributed by atoms with Crippen LogP contribution in [0.3, 0.4) is 0 Å². The zero-order chi connectivity index (χ0) is 18.4. The Morgan fingerprint density at radius 3 is 2.56 bits per heavy atom. The Hall–Kier alpha value is -2.16.